The summed E-state index contributed by atoms with van der Waals surface area (Å²) >= 11 is 0. The van der Waals surface area contributed by atoms with Crippen molar-refractivity contribution in [2.75, 3.05) is 5.32 Å². The van der Waals surface area contributed by atoms with Gasteiger partial charge in [-0.2, -0.15) is 5.26 Å². The molecule has 116 valence electrons. The van der Waals surface area contributed by atoms with Gasteiger partial charge in [0.05, 0.1) is 17.3 Å². The van der Waals surface area contributed by atoms with E-state index < -0.39 is 34.4 Å². The Bertz CT molecular complexity index is 661. The number of carbonyl (C=O) groups is 2. The SMILES string of the molecule is N#CC1(C(=O)Nc2cc(C(N)=O)c(F)cc2F)CCCCC1. The molecular formula is C15H15F2N3O2. The fourth-order valence-electron chi connectivity index (χ4n) is 2.62. The lowest BCUT2D eigenvalue weighted by Crippen LogP contribution is -2.37. The maximum absolute atomic E-state index is 13.8. The summed E-state index contributed by atoms with van der Waals surface area (Å²) < 4.78 is 27.2. The third-order valence-corrected chi connectivity index (χ3v) is 3.93. The van der Waals surface area contributed by atoms with Crippen molar-refractivity contribution >= 4 is 17.5 Å². The number of halogens is 2. The van der Waals surface area contributed by atoms with Gasteiger partial charge in [0.1, 0.15) is 17.0 Å². The van der Waals surface area contributed by atoms with E-state index in [1.807, 2.05) is 6.07 Å². The van der Waals surface area contributed by atoms with E-state index in [0.717, 1.165) is 25.3 Å². The van der Waals surface area contributed by atoms with E-state index in [9.17, 15) is 23.6 Å². The Morgan fingerprint density at radius 1 is 1.18 bits per heavy atom. The molecule has 0 radical (unpaired) electrons. The Balaban J connectivity index is 2.30. The highest BCUT2D eigenvalue weighted by Gasteiger charge is 2.40. The third-order valence-electron chi connectivity index (χ3n) is 3.93. The van der Waals surface area contributed by atoms with E-state index >= 15 is 0 Å². The van der Waals surface area contributed by atoms with Gasteiger partial charge in [0.2, 0.25) is 5.91 Å². The first-order chi connectivity index (χ1) is 10.4. The molecule has 1 aromatic carbocycles. The van der Waals surface area contributed by atoms with Crippen molar-refractivity contribution in [1.29, 1.82) is 5.26 Å². The van der Waals surface area contributed by atoms with Crippen molar-refractivity contribution in [3.63, 3.8) is 0 Å². The predicted molar refractivity (Wildman–Crippen MR) is 74.6 cm³/mol. The molecule has 7 heteroatoms. The zero-order valence-corrected chi connectivity index (χ0v) is 11.8. The maximum Gasteiger partial charge on any atom is 0.251 e. The molecule has 0 spiro atoms. The van der Waals surface area contributed by atoms with Crippen LogP contribution in [0, 0.1) is 28.4 Å². The van der Waals surface area contributed by atoms with E-state index in [1.165, 1.54) is 0 Å². The van der Waals surface area contributed by atoms with Gasteiger partial charge >= 0.3 is 0 Å². The van der Waals surface area contributed by atoms with Crippen LogP contribution in [0.5, 0.6) is 0 Å². The number of benzene rings is 1. The number of rotatable bonds is 3. The van der Waals surface area contributed by atoms with Crippen molar-refractivity contribution < 1.29 is 18.4 Å². The van der Waals surface area contributed by atoms with Crippen molar-refractivity contribution in [3.8, 4) is 6.07 Å². The highest BCUT2D eigenvalue weighted by molar-refractivity contribution is 5.99. The topological polar surface area (TPSA) is 96.0 Å². The third kappa shape index (κ3) is 2.91. The van der Waals surface area contributed by atoms with Gasteiger partial charge in [-0.15, -0.1) is 0 Å². The van der Waals surface area contributed by atoms with Crippen LogP contribution in [0.3, 0.4) is 0 Å². The summed E-state index contributed by atoms with van der Waals surface area (Å²) in [7, 11) is 0. The number of nitrogens with two attached hydrogens (primary N) is 1. The minimum atomic E-state index is -1.22. The van der Waals surface area contributed by atoms with E-state index in [4.69, 9.17) is 5.73 Å². The maximum atomic E-state index is 13.8. The Labute approximate surface area is 126 Å². The average molecular weight is 307 g/mol. The fraction of sp³-hybridized carbons (Fsp3) is 0.400. The molecule has 22 heavy (non-hydrogen) atoms. The van der Waals surface area contributed by atoms with Crippen LogP contribution in [-0.4, -0.2) is 11.8 Å². The molecule has 5 nitrogen and oxygen atoms in total. The van der Waals surface area contributed by atoms with Gasteiger partial charge in [-0.3, -0.25) is 9.59 Å². The number of nitrogens with one attached hydrogen (secondary N) is 1. The first kappa shape index (κ1) is 15.9. The van der Waals surface area contributed by atoms with E-state index in [-0.39, 0.29) is 5.69 Å². The first-order valence-corrected chi connectivity index (χ1v) is 6.91. The molecule has 0 aromatic heterocycles. The minimum Gasteiger partial charge on any atom is -0.366 e. The number of amides is 2. The normalized spacial score (nSPS) is 16.6. The van der Waals surface area contributed by atoms with Gasteiger partial charge in [-0.05, 0) is 18.9 Å². The number of anilines is 1. The standard InChI is InChI=1S/C15H15F2N3O2/c16-10-7-11(17)12(6-9(10)13(19)21)20-14(22)15(8-18)4-2-1-3-5-15/h6-7H,1-5H2,(H2,19,21)(H,20,22). The highest BCUT2D eigenvalue weighted by atomic mass is 19.1. The Morgan fingerprint density at radius 3 is 2.36 bits per heavy atom. The zero-order chi connectivity index (χ0) is 16.3. The lowest BCUT2D eigenvalue weighted by atomic mass is 9.74. The second-order valence-corrected chi connectivity index (χ2v) is 5.38. The second-order valence-electron chi connectivity index (χ2n) is 5.38. The van der Waals surface area contributed by atoms with E-state index in [2.05, 4.69) is 5.32 Å². The smallest absolute Gasteiger partial charge is 0.251 e. The molecule has 2 amide bonds. The molecule has 1 aliphatic rings. The summed E-state index contributed by atoms with van der Waals surface area (Å²) in [6.45, 7) is 0. The molecular weight excluding hydrogens is 292 g/mol. The quantitative estimate of drug-likeness (QED) is 0.897. The molecule has 1 saturated carbocycles. The lowest BCUT2D eigenvalue weighted by Gasteiger charge is -2.29. The number of hydrogen-bond donors (Lipinski definition) is 2. The molecule has 0 atom stereocenters. The number of hydrogen-bond acceptors (Lipinski definition) is 3. The van der Waals surface area contributed by atoms with Crippen LogP contribution in [0.15, 0.2) is 12.1 Å². The first-order valence-electron chi connectivity index (χ1n) is 6.91. The summed E-state index contributed by atoms with van der Waals surface area (Å²) in [4.78, 5) is 23.4. The van der Waals surface area contributed by atoms with Crippen LogP contribution < -0.4 is 11.1 Å². The summed E-state index contributed by atoms with van der Waals surface area (Å²) in [5, 5.41) is 11.6. The Morgan fingerprint density at radius 2 is 1.82 bits per heavy atom. The van der Waals surface area contributed by atoms with Crippen LogP contribution in [0.1, 0.15) is 42.5 Å². The van der Waals surface area contributed by atoms with E-state index in [0.29, 0.717) is 18.9 Å². The van der Waals surface area contributed by atoms with Crippen LogP contribution in [0.4, 0.5) is 14.5 Å². The molecule has 0 heterocycles. The van der Waals surface area contributed by atoms with Gasteiger partial charge in [0, 0.05) is 6.07 Å². The number of nitriles is 1. The van der Waals surface area contributed by atoms with Crippen LogP contribution in [0.2, 0.25) is 0 Å². The molecule has 0 unspecified atom stereocenters. The summed E-state index contributed by atoms with van der Waals surface area (Å²) in [5.41, 5.74) is 2.89. The van der Waals surface area contributed by atoms with Crippen molar-refractivity contribution in [2.45, 2.75) is 32.1 Å². The molecule has 0 aliphatic heterocycles. The minimum absolute atomic E-state index is 0.361. The average Bonchev–Trinajstić information content (AvgIpc) is 2.50. The lowest BCUT2D eigenvalue weighted by molar-refractivity contribution is -0.124. The monoisotopic (exact) mass is 307 g/mol. The van der Waals surface area contributed by atoms with Gasteiger partial charge in [-0.25, -0.2) is 8.78 Å². The van der Waals surface area contributed by atoms with E-state index in [1.54, 1.807) is 0 Å². The van der Waals surface area contributed by atoms with Crippen LogP contribution >= 0.6 is 0 Å². The Kier molecular flexibility index (Phi) is 4.40. The van der Waals surface area contributed by atoms with Gasteiger partial charge in [-0.1, -0.05) is 19.3 Å². The number of primary amides is 1. The number of carbonyl (C=O) groups excluding carboxylic acids is 2. The summed E-state index contributed by atoms with van der Waals surface area (Å²) in [5.74, 6) is -3.84. The van der Waals surface area contributed by atoms with Crippen molar-refractivity contribution in [2.24, 2.45) is 11.1 Å². The molecule has 1 aliphatic carbocycles. The van der Waals surface area contributed by atoms with Gasteiger partial charge in [0.25, 0.3) is 5.91 Å². The zero-order valence-electron chi connectivity index (χ0n) is 11.8. The van der Waals surface area contributed by atoms with Crippen molar-refractivity contribution in [3.05, 3.63) is 29.3 Å². The highest BCUT2D eigenvalue weighted by Crippen LogP contribution is 2.37. The molecule has 0 saturated heterocycles. The predicted octanol–water partition coefficient (Wildman–Crippen LogP) is 2.48. The number of nitrogens with zero attached hydrogens (tertiary/aromatic N) is 1. The Hall–Kier alpha value is -2.49. The molecule has 2 rings (SSSR count). The molecule has 1 fully saturated rings. The molecule has 3 N–H and O–H groups in total. The van der Waals surface area contributed by atoms with Gasteiger partial charge < -0.3 is 11.1 Å². The van der Waals surface area contributed by atoms with Crippen LogP contribution in [0.25, 0.3) is 0 Å². The van der Waals surface area contributed by atoms with Crippen molar-refractivity contribution in [1.82, 2.24) is 0 Å². The summed E-state index contributed by atoms with van der Waals surface area (Å²) in [6.07, 6.45) is 3.19. The molecule has 1 aromatic rings. The van der Waals surface area contributed by atoms with Gasteiger partial charge in [0.15, 0.2) is 0 Å². The summed E-state index contributed by atoms with van der Waals surface area (Å²) in [6, 6.07) is 3.33. The second kappa shape index (κ2) is 6.10. The molecule has 0 bridgehead atoms. The fourth-order valence-corrected chi connectivity index (χ4v) is 2.62. The van der Waals surface area contributed by atoms with Crippen LogP contribution in [-0.2, 0) is 4.79 Å². The largest absolute Gasteiger partial charge is 0.366 e.